The summed E-state index contributed by atoms with van der Waals surface area (Å²) in [7, 11) is 0. The van der Waals surface area contributed by atoms with Gasteiger partial charge in [0.2, 0.25) is 5.00 Å². The second-order valence-corrected chi connectivity index (χ2v) is 6.94. The highest BCUT2D eigenvalue weighted by molar-refractivity contribution is 6.41. The average molecular weight is 411 g/mol. The van der Waals surface area contributed by atoms with Crippen molar-refractivity contribution in [1.29, 1.82) is 0 Å². The molecule has 1 heterocycles. The van der Waals surface area contributed by atoms with Gasteiger partial charge in [0.15, 0.2) is 0 Å². The van der Waals surface area contributed by atoms with Gasteiger partial charge in [-0.2, -0.15) is 10.2 Å². The van der Waals surface area contributed by atoms with Crippen LogP contribution in [0, 0.1) is 0 Å². The van der Waals surface area contributed by atoms with Gasteiger partial charge in [-0.15, -0.1) is 0 Å². The zero-order valence-corrected chi connectivity index (χ0v) is 15.7. The minimum atomic E-state index is -1.24. The molecule has 0 saturated carbocycles. The minimum Gasteiger partial charge on any atom is -0.265 e. The highest BCUT2D eigenvalue weighted by atomic mass is 35.5. The number of hydrogen-bond donors (Lipinski definition) is 0. The Labute approximate surface area is 165 Å². The maximum Gasteiger partial charge on any atom is 0.205 e. The molecule has 126 valence electrons. The van der Waals surface area contributed by atoms with E-state index in [4.69, 9.17) is 46.4 Å². The highest BCUT2D eigenvalue weighted by Gasteiger charge is 2.32. The summed E-state index contributed by atoms with van der Waals surface area (Å²) in [6.45, 7) is 0. The average Bonchev–Trinajstić information content (AvgIpc) is 2.62. The van der Waals surface area contributed by atoms with Gasteiger partial charge in [0, 0.05) is 28.5 Å². The van der Waals surface area contributed by atoms with E-state index in [0.717, 1.165) is 11.1 Å². The largest absolute Gasteiger partial charge is 0.265 e. The van der Waals surface area contributed by atoms with Crippen molar-refractivity contribution in [2.75, 3.05) is 0 Å². The number of benzene rings is 2. The summed E-state index contributed by atoms with van der Waals surface area (Å²) in [4.78, 5) is 2.78. The molecule has 3 nitrogen and oxygen atoms in total. The Morgan fingerprint density at radius 2 is 1.36 bits per heavy atom. The van der Waals surface area contributed by atoms with Crippen LogP contribution in [0.2, 0.25) is 15.1 Å². The van der Waals surface area contributed by atoms with E-state index < -0.39 is 5.00 Å². The first-order valence-corrected chi connectivity index (χ1v) is 8.74. The minimum absolute atomic E-state index is 0.294. The van der Waals surface area contributed by atoms with Crippen LogP contribution >= 0.6 is 46.4 Å². The molecule has 2 aromatic carbocycles. The number of pyridine rings is 1. The summed E-state index contributed by atoms with van der Waals surface area (Å²) >= 11 is 25.2. The van der Waals surface area contributed by atoms with Gasteiger partial charge >= 0.3 is 0 Å². The van der Waals surface area contributed by atoms with Crippen molar-refractivity contribution in [3.8, 4) is 0 Å². The molecular weight excluding hydrogens is 400 g/mol. The molecule has 0 aliphatic rings. The van der Waals surface area contributed by atoms with Crippen LogP contribution in [0.15, 0.2) is 77.2 Å². The van der Waals surface area contributed by atoms with E-state index >= 15 is 0 Å². The molecule has 0 saturated heterocycles. The molecule has 0 bridgehead atoms. The normalized spacial score (nSPS) is 13.8. The maximum absolute atomic E-state index is 6.88. The van der Waals surface area contributed by atoms with Crippen molar-refractivity contribution in [1.82, 2.24) is 4.98 Å². The lowest BCUT2D eigenvalue weighted by molar-refractivity contribution is 0.724. The van der Waals surface area contributed by atoms with Crippen LogP contribution < -0.4 is 0 Å². The molecule has 1 unspecified atom stereocenters. The van der Waals surface area contributed by atoms with Crippen molar-refractivity contribution in [2.24, 2.45) is 10.2 Å². The van der Waals surface area contributed by atoms with Gasteiger partial charge in [-0.3, -0.25) is 4.98 Å². The number of rotatable bonds is 4. The van der Waals surface area contributed by atoms with Crippen molar-refractivity contribution in [3.63, 3.8) is 0 Å². The van der Waals surface area contributed by atoms with E-state index in [0.29, 0.717) is 20.8 Å². The lowest BCUT2D eigenvalue weighted by Gasteiger charge is -2.22. The molecule has 1 aromatic heterocycles. The van der Waals surface area contributed by atoms with Crippen molar-refractivity contribution in [3.05, 3.63) is 93.2 Å². The van der Waals surface area contributed by atoms with Gasteiger partial charge in [0.1, 0.15) is 5.69 Å². The van der Waals surface area contributed by atoms with E-state index in [1.165, 1.54) is 0 Å². The van der Waals surface area contributed by atoms with E-state index in [2.05, 4.69) is 15.2 Å². The summed E-state index contributed by atoms with van der Waals surface area (Å²) < 4.78 is 0. The third-order valence-corrected chi connectivity index (χ3v) is 4.80. The Hall–Kier alpha value is -1.65. The van der Waals surface area contributed by atoms with Gasteiger partial charge in [0.25, 0.3) is 0 Å². The lowest BCUT2D eigenvalue weighted by Crippen LogP contribution is -2.17. The quantitative estimate of drug-likeness (QED) is 0.253. The Balaban J connectivity index is 2.11. The summed E-state index contributed by atoms with van der Waals surface area (Å²) in [5.41, 5.74) is 1.79. The third-order valence-electron chi connectivity index (χ3n) is 3.49. The number of aromatic nitrogens is 1. The SMILES string of the molecule is Clc1cc(Cl)c(N=NC(Cl)(c2ccccc2)c2ccncc2)c(Cl)c1. The van der Waals surface area contributed by atoms with Crippen LogP contribution in [0.4, 0.5) is 5.69 Å². The van der Waals surface area contributed by atoms with Crippen molar-refractivity contribution >= 4 is 52.1 Å². The standard InChI is InChI=1S/C18H11Cl4N3/c19-14-10-15(20)17(16(21)11-14)24-25-18(22,12-4-2-1-3-5-12)13-6-8-23-9-7-13/h1-11H. The van der Waals surface area contributed by atoms with Crippen LogP contribution in [-0.2, 0) is 5.00 Å². The van der Waals surface area contributed by atoms with Crippen LogP contribution in [0.5, 0.6) is 0 Å². The molecule has 3 aromatic rings. The lowest BCUT2D eigenvalue weighted by atomic mass is 10.00. The number of nitrogens with zero attached hydrogens (tertiary/aromatic N) is 3. The van der Waals surface area contributed by atoms with Gasteiger partial charge in [-0.25, -0.2) is 0 Å². The summed E-state index contributed by atoms with van der Waals surface area (Å²) in [6, 6.07) is 16.1. The van der Waals surface area contributed by atoms with Crippen molar-refractivity contribution in [2.45, 2.75) is 5.00 Å². The first kappa shape index (κ1) is 18.2. The zero-order valence-electron chi connectivity index (χ0n) is 12.7. The fourth-order valence-corrected chi connectivity index (χ4v) is 3.45. The molecule has 0 aliphatic heterocycles. The number of alkyl halides is 1. The molecule has 0 amide bonds. The number of hydrogen-bond acceptors (Lipinski definition) is 3. The number of azo groups is 1. The molecular formula is C18H11Cl4N3. The maximum atomic E-state index is 6.88. The monoisotopic (exact) mass is 409 g/mol. The Bertz CT molecular complexity index is 836. The van der Waals surface area contributed by atoms with E-state index in [-0.39, 0.29) is 0 Å². The molecule has 0 spiro atoms. The molecule has 3 rings (SSSR count). The molecule has 0 fully saturated rings. The fraction of sp³-hybridized carbons (Fsp3) is 0.0556. The first-order valence-electron chi connectivity index (χ1n) is 7.23. The summed E-state index contributed by atoms with van der Waals surface area (Å²) in [6.07, 6.45) is 3.29. The predicted octanol–water partition coefficient (Wildman–Crippen LogP) is 7.27. The fourth-order valence-electron chi connectivity index (χ4n) is 2.26. The summed E-state index contributed by atoms with van der Waals surface area (Å²) in [5.74, 6) is 0. The molecule has 0 N–H and O–H groups in total. The first-order chi connectivity index (χ1) is 12.0. The highest BCUT2D eigenvalue weighted by Crippen LogP contribution is 2.42. The second-order valence-electron chi connectivity index (χ2n) is 5.14. The third kappa shape index (κ3) is 3.96. The van der Waals surface area contributed by atoms with E-state index in [1.807, 2.05) is 30.3 Å². The Morgan fingerprint density at radius 1 is 0.800 bits per heavy atom. The zero-order chi connectivity index (χ0) is 17.9. The molecule has 1 atom stereocenters. The van der Waals surface area contributed by atoms with Gasteiger partial charge in [0.05, 0.1) is 10.0 Å². The van der Waals surface area contributed by atoms with E-state index in [9.17, 15) is 0 Å². The topological polar surface area (TPSA) is 37.6 Å². The smallest absolute Gasteiger partial charge is 0.205 e. The van der Waals surface area contributed by atoms with Crippen LogP contribution in [0.25, 0.3) is 0 Å². The van der Waals surface area contributed by atoms with Crippen LogP contribution in [0.3, 0.4) is 0 Å². The summed E-state index contributed by atoms with van der Waals surface area (Å²) in [5, 5.41) is 9.60. The Morgan fingerprint density at radius 3 is 1.96 bits per heavy atom. The molecule has 7 heteroatoms. The van der Waals surface area contributed by atoms with Gasteiger partial charge < -0.3 is 0 Å². The molecule has 0 radical (unpaired) electrons. The van der Waals surface area contributed by atoms with E-state index in [1.54, 1.807) is 36.7 Å². The molecule has 0 aliphatic carbocycles. The Kier molecular flexibility index (Phi) is 5.60. The molecule has 25 heavy (non-hydrogen) atoms. The van der Waals surface area contributed by atoms with Crippen molar-refractivity contribution < 1.29 is 0 Å². The van der Waals surface area contributed by atoms with Gasteiger partial charge in [-0.05, 0) is 24.3 Å². The second kappa shape index (κ2) is 7.71. The predicted molar refractivity (Wildman–Crippen MR) is 103 cm³/mol. The van der Waals surface area contributed by atoms with Crippen LogP contribution in [0.1, 0.15) is 11.1 Å². The van der Waals surface area contributed by atoms with Crippen LogP contribution in [-0.4, -0.2) is 4.98 Å². The van der Waals surface area contributed by atoms with Gasteiger partial charge in [-0.1, -0.05) is 76.7 Å². The number of halogens is 4.